The minimum atomic E-state index is -3.06. The quantitative estimate of drug-likeness (QED) is 0.669. The SMILES string of the molecule is CC[N](C)[W](=[N]C(C)C)(=[N]C(C)C)[N](C)CC. The second-order valence-electron chi connectivity index (χ2n) is 4.78. The van der Waals surface area contributed by atoms with E-state index < -0.39 is 16.2 Å². The van der Waals surface area contributed by atoms with Gasteiger partial charge in [0, 0.05) is 0 Å². The summed E-state index contributed by atoms with van der Waals surface area (Å²) in [7, 11) is 4.36. The standard InChI is InChI=1S/2C3H8N.2C3H7N.W/c2*1-3-4-2;2*1-3(2)4;/h2*3H2,1-2H3;2*3H,1-2H3;/q2*-1;;;+2. The molecule has 0 aromatic carbocycles. The molecular weight excluding hydrogens is 384 g/mol. The van der Waals surface area contributed by atoms with Crippen molar-refractivity contribution in [2.75, 3.05) is 27.2 Å². The van der Waals surface area contributed by atoms with Gasteiger partial charge in [-0.25, -0.2) is 0 Å². The summed E-state index contributed by atoms with van der Waals surface area (Å²) in [5, 5.41) is 0. The summed E-state index contributed by atoms with van der Waals surface area (Å²) in [6, 6.07) is 0.714. The third-order valence-corrected chi connectivity index (χ3v) is 15.4. The zero-order valence-electron chi connectivity index (χ0n) is 12.8. The third-order valence-electron chi connectivity index (χ3n) is 2.43. The monoisotopic (exact) mass is 414 g/mol. The maximum atomic E-state index is 5.08. The van der Waals surface area contributed by atoms with Crippen molar-refractivity contribution in [1.29, 1.82) is 0 Å². The van der Waals surface area contributed by atoms with E-state index in [1.807, 2.05) is 0 Å². The first kappa shape index (κ1) is 17.2. The van der Waals surface area contributed by atoms with Gasteiger partial charge in [0.1, 0.15) is 0 Å². The van der Waals surface area contributed by atoms with Gasteiger partial charge in [0.25, 0.3) is 0 Å². The van der Waals surface area contributed by atoms with Crippen molar-refractivity contribution in [1.82, 2.24) is 6.92 Å². The Morgan fingerprint density at radius 2 is 1.12 bits per heavy atom. The van der Waals surface area contributed by atoms with Crippen LogP contribution in [0.4, 0.5) is 0 Å². The molecule has 0 aliphatic rings. The topological polar surface area (TPSA) is 31.2 Å². The third kappa shape index (κ3) is 4.76. The van der Waals surface area contributed by atoms with Crippen LogP contribution in [0.25, 0.3) is 0 Å². The first-order valence-electron chi connectivity index (χ1n) is 6.50. The predicted molar refractivity (Wildman–Crippen MR) is 71.7 cm³/mol. The molecule has 0 aliphatic heterocycles. The van der Waals surface area contributed by atoms with Gasteiger partial charge in [0.15, 0.2) is 0 Å². The van der Waals surface area contributed by atoms with Crippen molar-refractivity contribution in [2.24, 2.45) is 6.99 Å². The van der Waals surface area contributed by atoms with Gasteiger partial charge < -0.3 is 0 Å². The fourth-order valence-electron chi connectivity index (χ4n) is 1.50. The molecule has 0 amide bonds. The molecule has 0 rings (SSSR count). The average Bonchev–Trinajstić information content (AvgIpc) is 2.24. The molecule has 0 atom stereocenters. The van der Waals surface area contributed by atoms with Crippen molar-refractivity contribution in [3.63, 3.8) is 0 Å². The molecule has 0 spiro atoms. The molecule has 0 saturated carbocycles. The first-order chi connectivity index (χ1) is 7.80. The van der Waals surface area contributed by atoms with Crippen LogP contribution < -0.4 is 0 Å². The average molecular weight is 414 g/mol. The van der Waals surface area contributed by atoms with E-state index in [2.05, 4.69) is 62.6 Å². The van der Waals surface area contributed by atoms with Crippen LogP contribution >= 0.6 is 0 Å². The van der Waals surface area contributed by atoms with Crippen LogP contribution in [-0.2, 0) is 16.2 Å². The van der Waals surface area contributed by atoms with Crippen molar-refractivity contribution in [3.8, 4) is 0 Å². The summed E-state index contributed by atoms with van der Waals surface area (Å²) in [5.74, 6) is 0. The molecule has 0 N–H and O–H groups in total. The molecule has 5 heteroatoms. The summed E-state index contributed by atoms with van der Waals surface area (Å²) in [5.41, 5.74) is 0. The predicted octanol–water partition coefficient (Wildman–Crippen LogP) is 3.06. The van der Waals surface area contributed by atoms with Crippen LogP contribution in [0.1, 0.15) is 41.5 Å². The molecule has 17 heavy (non-hydrogen) atoms. The molecule has 0 bridgehead atoms. The summed E-state index contributed by atoms with van der Waals surface area (Å²) >= 11 is -3.06. The van der Waals surface area contributed by atoms with Crippen molar-refractivity contribution in [2.45, 2.75) is 53.6 Å². The summed E-state index contributed by atoms with van der Waals surface area (Å²) in [4.78, 5) is 0. The molecule has 104 valence electrons. The molecule has 0 aliphatic carbocycles. The Hall–Kier alpha value is 0.208. The summed E-state index contributed by atoms with van der Waals surface area (Å²) in [6.07, 6.45) is 0. The first-order valence-corrected chi connectivity index (χ1v) is 11.7. The van der Waals surface area contributed by atoms with Crippen LogP contribution in [0.15, 0.2) is 6.99 Å². The summed E-state index contributed by atoms with van der Waals surface area (Å²) in [6.45, 7) is 15.1. The second kappa shape index (κ2) is 7.60. The van der Waals surface area contributed by atoms with Crippen molar-refractivity contribution in [3.05, 3.63) is 0 Å². The van der Waals surface area contributed by atoms with E-state index in [-0.39, 0.29) is 0 Å². The summed E-state index contributed by atoms with van der Waals surface area (Å²) < 4.78 is 15.0. The molecule has 0 fully saturated rings. The van der Waals surface area contributed by atoms with Crippen molar-refractivity contribution < 1.29 is 16.2 Å². The van der Waals surface area contributed by atoms with Crippen LogP contribution in [0.3, 0.4) is 0 Å². The Kier molecular flexibility index (Phi) is 7.69. The van der Waals surface area contributed by atoms with Crippen LogP contribution in [-0.4, -0.2) is 46.2 Å². The van der Waals surface area contributed by atoms with Gasteiger partial charge in [-0.2, -0.15) is 0 Å². The minimum absolute atomic E-state index is 0.357. The zero-order chi connectivity index (χ0) is 13.6. The van der Waals surface area contributed by atoms with Gasteiger partial charge >= 0.3 is 111 Å². The van der Waals surface area contributed by atoms with Gasteiger partial charge in [-0.15, -0.1) is 0 Å². The van der Waals surface area contributed by atoms with Gasteiger partial charge in [0.05, 0.1) is 0 Å². The van der Waals surface area contributed by atoms with Crippen LogP contribution in [0.2, 0.25) is 0 Å². The Morgan fingerprint density at radius 1 is 0.824 bits per heavy atom. The molecule has 0 aromatic heterocycles. The zero-order valence-corrected chi connectivity index (χ0v) is 15.7. The molecule has 0 aromatic rings. The fraction of sp³-hybridized carbons (Fsp3) is 1.00. The van der Waals surface area contributed by atoms with E-state index in [1.165, 1.54) is 0 Å². The van der Waals surface area contributed by atoms with E-state index in [0.29, 0.717) is 12.1 Å². The van der Waals surface area contributed by atoms with E-state index >= 15 is 0 Å². The Labute approximate surface area is 111 Å². The van der Waals surface area contributed by atoms with Crippen molar-refractivity contribution >= 4 is 0 Å². The van der Waals surface area contributed by atoms with Gasteiger partial charge in [0.2, 0.25) is 0 Å². The molecule has 0 saturated heterocycles. The second-order valence-corrected chi connectivity index (χ2v) is 14.3. The van der Waals surface area contributed by atoms with Crippen LogP contribution in [0.5, 0.6) is 0 Å². The molecule has 0 heterocycles. The van der Waals surface area contributed by atoms with E-state index in [4.69, 9.17) is 6.99 Å². The Balaban J connectivity index is 5.91. The molecule has 0 radical (unpaired) electrons. The number of nitrogens with zero attached hydrogens (tertiary/aromatic N) is 4. The number of rotatable bonds is 6. The number of hydrogen-bond donors (Lipinski definition) is 0. The van der Waals surface area contributed by atoms with E-state index in [1.54, 1.807) is 0 Å². The molecule has 4 nitrogen and oxygen atoms in total. The Bertz CT molecular complexity index is 291. The fourth-order valence-corrected chi connectivity index (χ4v) is 12.3. The maximum absolute atomic E-state index is 5.08. The normalized spacial score (nSPS) is 12.9. The van der Waals surface area contributed by atoms with Crippen LogP contribution in [0, 0.1) is 0 Å². The van der Waals surface area contributed by atoms with E-state index in [9.17, 15) is 0 Å². The number of hydrogen-bond acceptors (Lipinski definition) is 2. The van der Waals surface area contributed by atoms with Gasteiger partial charge in [-0.05, 0) is 0 Å². The Morgan fingerprint density at radius 3 is 1.29 bits per heavy atom. The van der Waals surface area contributed by atoms with Gasteiger partial charge in [-0.1, -0.05) is 0 Å². The van der Waals surface area contributed by atoms with Gasteiger partial charge in [-0.3, -0.25) is 0 Å². The van der Waals surface area contributed by atoms with E-state index in [0.717, 1.165) is 13.1 Å². The molecular formula is C12H30N4W. The molecule has 0 unspecified atom stereocenters.